The van der Waals surface area contributed by atoms with Crippen molar-refractivity contribution in [3.05, 3.63) is 12.7 Å². The van der Waals surface area contributed by atoms with E-state index in [2.05, 4.69) is 11.9 Å². The van der Waals surface area contributed by atoms with Crippen molar-refractivity contribution in [1.82, 2.24) is 5.32 Å². The van der Waals surface area contributed by atoms with Gasteiger partial charge < -0.3 is 19.5 Å². The average molecular weight is 375 g/mol. The van der Waals surface area contributed by atoms with E-state index in [-0.39, 0.29) is 24.9 Å². The van der Waals surface area contributed by atoms with E-state index in [1.165, 1.54) is 11.8 Å². The first-order valence-corrected chi connectivity index (χ1v) is 9.24. The Bertz CT molecular complexity index is 461. The Balaban J connectivity index is 4.91. The van der Waals surface area contributed by atoms with Gasteiger partial charge in [0, 0.05) is 5.75 Å². The molecule has 1 N–H and O–H groups in total. The summed E-state index contributed by atoms with van der Waals surface area (Å²) in [4.78, 5) is 35.9. The second-order valence-electron chi connectivity index (χ2n) is 6.05. The Morgan fingerprint density at radius 2 is 1.68 bits per heavy atom. The van der Waals surface area contributed by atoms with Crippen LogP contribution in [0.2, 0.25) is 0 Å². The zero-order chi connectivity index (χ0) is 19.5. The summed E-state index contributed by atoms with van der Waals surface area (Å²) in [5.41, 5.74) is -0.688. The Morgan fingerprint density at radius 3 is 2.16 bits per heavy atom. The van der Waals surface area contributed by atoms with E-state index < -0.39 is 29.0 Å². The number of rotatable bonds is 10. The van der Waals surface area contributed by atoms with Crippen LogP contribution in [0.4, 0.5) is 4.79 Å². The van der Waals surface area contributed by atoms with Gasteiger partial charge in [0.1, 0.15) is 16.9 Å². The van der Waals surface area contributed by atoms with Gasteiger partial charge in [0.2, 0.25) is 0 Å². The molecule has 0 aliphatic heterocycles. The van der Waals surface area contributed by atoms with Crippen molar-refractivity contribution in [2.45, 2.75) is 57.9 Å². The topological polar surface area (TPSA) is 90.9 Å². The molecule has 0 bridgehead atoms. The molecule has 0 heterocycles. The number of hydrogen-bond acceptors (Lipinski definition) is 7. The van der Waals surface area contributed by atoms with Crippen LogP contribution in [0.15, 0.2) is 12.7 Å². The minimum Gasteiger partial charge on any atom is -0.465 e. The summed E-state index contributed by atoms with van der Waals surface area (Å²) in [6.07, 6.45) is 1.28. The predicted octanol–water partition coefficient (Wildman–Crippen LogP) is 2.68. The van der Waals surface area contributed by atoms with Gasteiger partial charge in [-0.15, -0.1) is 18.3 Å². The number of alkyl carbamates (subject to hydrolysis) is 1. The lowest BCUT2D eigenvalue weighted by Crippen LogP contribution is -2.46. The zero-order valence-corrected chi connectivity index (χ0v) is 16.4. The fourth-order valence-corrected chi connectivity index (χ4v) is 2.81. The Labute approximate surface area is 153 Å². The quantitative estimate of drug-likeness (QED) is 0.356. The van der Waals surface area contributed by atoms with Crippen LogP contribution in [0.25, 0.3) is 0 Å². The Hall–Kier alpha value is -1.70. The smallest absolute Gasteiger partial charge is 0.408 e. The van der Waals surface area contributed by atoms with Crippen molar-refractivity contribution < 1.29 is 28.6 Å². The summed E-state index contributed by atoms with van der Waals surface area (Å²) in [6.45, 7) is 12.6. The number of ether oxygens (including phenoxy) is 3. The lowest BCUT2D eigenvalue weighted by atomic mass is 10.2. The third-order valence-corrected chi connectivity index (χ3v) is 3.97. The molecule has 0 fully saturated rings. The number of allylic oxidation sites excluding steroid dienone is 1. The molecular formula is C17H29NO6S. The minimum absolute atomic E-state index is 0.148. The van der Waals surface area contributed by atoms with Gasteiger partial charge in [-0.25, -0.2) is 9.59 Å². The molecule has 0 aromatic heterocycles. The van der Waals surface area contributed by atoms with Crippen LogP contribution < -0.4 is 5.32 Å². The highest BCUT2D eigenvalue weighted by Crippen LogP contribution is 2.19. The molecule has 0 saturated heterocycles. The zero-order valence-electron chi connectivity index (χ0n) is 15.6. The second kappa shape index (κ2) is 11.8. The summed E-state index contributed by atoms with van der Waals surface area (Å²) in [5.74, 6) is -0.815. The van der Waals surface area contributed by atoms with Gasteiger partial charge in [-0.2, -0.15) is 0 Å². The summed E-state index contributed by atoms with van der Waals surface area (Å²) in [7, 11) is 0. The van der Waals surface area contributed by atoms with Crippen LogP contribution >= 0.6 is 11.8 Å². The molecule has 0 rings (SSSR count). The molecule has 0 spiro atoms. The molecule has 0 aromatic rings. The highest BCUT2D eigenvalue weighted by Gasteiger charge is 2.28. The maximum atomic E-state index is 12.1. The van der Waals surface area contributed by atoms with Crippen LogP contribution in [0, 0.1) is 0 Å². The molecule has 0 aliphatic rings. The molecule has 2 atom stereocenters. The first-order valence-electron chi connectivity index (χ1n) is 8.19. The highest BCUT2D eigenvalue weighted by atomic mass is 32.2. The molecule has 7 nitrogen and oxygen atoms in total. The molecule has 144 valence electrons. The number of esters is 2. The molecule has 25 heavy (non-hydrogen) atoms. The van der Waals surface area contributed by atoms with Crippen molar-refractivity contribution in [3.63, 3.8) is 0 Å². The number of thioether (sulfide) groups is 1. The predicted molar refractivity (Wildman–Crippen MR) is 97.5 cm³/mol. The maximum Gasteiger partial charge on any atom is 0.408 e. The van der Waals surface area contributed by atoms with Crippen molar-refractivity contribution in [2.75, 3.05) is 19.0 Å². The number of amides is 1. The van der Waals surface area contributed by atoms with Crippen LogP contribution in [-0.2, 0) is 23.8 Å². The van der Waals surface area contributed by atoms with Crippen LogP contribution in [0.3, 0.4) is 0 Å². The first kappa shape index (κ1) is 23.3. The van der Waals surface area contributed by atoms with E-state index in [1.807, 2.05) is 0 Å². The molecule has 1 unspecified atom stereocenters. The fraction of sp³-hybridized carbons (Fsp3) is 0.706. The number of hydrogen-bond donors (Lipinski definition) is 1. The Kier molecular flexibility index (Phi) is 11.0. The van der Waals surface area contributed by atoms with Gasteiger partial charge in [-0.1, -0.05) is 6.08 Å². The minimum atomic E-state index is -0.929. The highest BCUT2D eigenvalue weighted by molar-refractivity contribution is 8.00. The summed E-state index contributed by atoms with van der Waals surface area (Å²) >= 11 is 1.20. The van der Waals surface area contributed by atoms with Gasteiger partial charge in [0.25, 0.3) is 0 Å². The van der Waals surface area contributed by atoms with Crippen LogP contribution in [-0.4, -0.2) is 53.9 Å². The van der Waals surface area contributed by atoms with E-state index >= 15 is 0 Å². The van der Waals surface area contributed by atoms with E-state index in [4.69, 9.17) is 14.2 Å². The van der Waals surface area contributed by atoms with Crippen LogP contribution in [0.1, 0.15) is 41.0 Å². The largest absolute Gasteiger partial charge is 0.465 e. The van der Waals surface area contributed by atoms with Gasteiger partial charge >= 0.3 is 18.0 Å². The first-order chi connectivity index (χ1) is 11.6. The normalized spacial score (nSPS) is 13.3. The monoisotopic (exact) mass is 375 g/mol. The molecule has 0 aromatic carbocycles. The second-order valence-corrected chi connectivity index (χ2v) is 7.28. The van der Waals surface area contributed by atoms with Crippen molar-refractivity contribution in [3.8, 4) is 0 Å². The maximum absolute atomic E-state index is 12.1. The Morgan fingerprint density at radius 1 is 1.12 bits per heavy atom. The summed E-state index contributed by atoms with van der Waals surface area (Å²) in [5, 5.41) is 1.99. The van der Waals surface area contributed by atoms with E-state index in [1.54, 1.807) is 40.7 Å². The SMILES string of the molecule is C=CCC(SC[C@H](NC(=O)OC(C)(C)C)C(=O)OCC)C(=O)OCC. The van der Waals surface area contributed by atoms with Gasteiger partial charge in [0.05, 0.1) is 13.2 Å². The standard InChI is InChI=1S/C17H29NO6S/c1-7-10-13(15(20)23-9-3)25-11-12(14(19)22-8-2)18-16(21)24-17(4,5)6/h7,12-13H,1,8-11H2,2-6H3,(H,18,21)/t12-,13?/m0/s1. The average Bonchev–Trinajstić information content (AvgIpc) is 2.48. The number of nitrogens with one attached hydrogen (secondary N) is 1. The van der Waals surface area contributed by atoms with Crippen molar-refractivity contribution in [2.24, 2.45) is 0 Å². The molecule has 8 heteroatoms. The van der Waals surface area contributed by atoms with Crippen LogP contribution in [0.5, 0.6) is 0 Å². The van der Waals surface area contributed by atoms with Crippen molar-refractivity contribution >= 4 is 29.8 Å². The lowest BCUT2D eigenvalue weighted by Gasteiger charge is -2.23. The molecule has 0 aliphatic carbocycles. The van der Waals surface area contributed by atoms with E-state index in [0.717, 1.165) is 0 Å². The molecule has 0 radical (unpaired) electrons. The van der Waals surface area contributed by atoms with Gasteiger partial charge in [-0.05, 0) is 41.0 Å². The number of carbonyl (C=O) groups excluding carboxylic acids is 3. The molecular weight excluding hydrogens is 346 g/mol. The van der Waals surface area contributed by atoms with Crippen molar-refractivity contribution in [1.29, 1.82) is 0 Å². The fourth-order valence-electron chi connectivity index (χ4n) is 1.69. The van der Waals surface area contributed by atoms with E-state index in [0.29, 0.717) is 6.42 Å². The molecule has 0 saturated carbocycles. The summed E-state index contributed by atoms with van der Waals surface area (Å²) < 4.78 is 15.1. The third kappa shape index (κ3) is 10.7. The van der Waals surface area contributed by atoms with Gasteiger partial charge in [0.15, 0.2) is 0 Å². The third-order valence-electron chi connectivity index (χ3n) is 2.66. The lowest BCUT2D eigenvalue weighted by molar-refractivity contribution is -0.145. The molecule has 1 amide bonds. The van der Waals surface area contributed by atoms with E-state index in [9.17, 15) is 14.4 Å². The number of carbonyl (C=O) groups is 3. The van der Waals surface area contributed by atoms with Gasteiger partial charge in [-0.3, -0.25) is 4.79 Å². The summed E-state index contributed by atoms with van der Waals surface area (Å²) in [6, 6.07) is -0.929.